The van der Waals surface area contributed by atoms with Gasteiger partial charge in [-0.3, -0.25) is 0 Å². The first kappa shape index (κ1) is 12.5. The van der Waals surface area contributed by atoms with Crippen LogP contribution in [0.2, 0.25) is 0 Å². The van der Waals surface area contributed by atoms with Gasteiger partial charge in [0, 0.05) is 12.1 Å². The van der Waals surface area contributed by atoms with Gasteiger partial charge in [-0.25, -0.2) is 0 Å². The fourth-order valence-corrected chi connectivity index (χ4v) is 2.44. The van der Waals surface area contributed by atoms with Crippen LogP contribution >= 0.6 is 0 Å². The number of nitrogens with zero attached hydrogens (tertiary/aromatic N) is 1. The number of aliphatic hydroxyl groups is 1. The molecule has 1 aliphatic carbocycles. The number of rotatable bonds is 4. The van der Waals surface area contributed by atoms with E-state index in [-0.39, 0.29) is 18.1 Å². The summed E-state index contributed by atoms with van der Waals surface area (Å²) in [7, 11) is 0. The predicted octanol–water partition coefficient (Wildman–Crippen LogP) is 1.68. The Bertz CT molecular complexity index is 236. The second-order valence-corrected chi connectivity index (χ2v) is 5.05. The molecule has 3 atom stereocenters. The lowest BCUT2D eigenvalue weighted by molar-refractivity contribution is 0.0981. The van der Waals surface area contributed by atoms with Crippen molar-refractivity contribution in [3.05, 3.63) is 0 Å². The molecule has 0 saturated heterocycles. The molecule has 0 spiro atoms. The average molecular weight is 210 g/mol. The summed E-state index contributed by atoms with van der Waals surface area (Å²) in [5.41, 5.74) is -0.122. The summed E-state index contributed by atoms with van der Waals surface area (Å²) < 4.78 is 0. The van der Waals surface area contributed by atoms with Crippen molar-refractivity contribution in [2.24, 2.45) is 11.8 Å². The molecule has 1 fully saturated rings. The molecule has 86 valence electrons. The van der Waals surface area contributed by atoms with E-state index in [1.807, 2.05) is 6.92 Å². The minimum atomic E-state index is -0.122. The largest absolute Gasteiger partial charge is 0.394 e. The fraction of sp³-hybridized carbons (Fsp3) is 0.917. The third-order valence-electron chi connectivity index (χ3n) is 3.40. The van der Waals surface area contributed by atoms with E-state index in [0.29, 0.717) is 12.5 Å². The third-order valence-corrected chi connectivity index (χ3v) is 3.40. The Morgan fingerprint density at radius 1 is 1.67 bits per heavy atom. The summed E-state index contributed by atoms with van der Waals surface area (Å²) in [4.78, 5) is 0. The van der Waals surface area contributed by atoms with Gasteiger partial charge in [0.15, 0.2) is 0 Å². The van der Waals surface area contributed by atoms with Gasteiger partial charge in [0.1, 0.15) is 0 Å². The number of hydrogen-bond acceptors (Lipinski definition) is 3. The van der Waals surface area contributed by atoms with Crippen molar-refractivity contribution >= 4 is 0 Å². The Balaban J connectivity index is 2.49. The van der Waals surface area contributed by atoms with Gasteiger partial charge >= 0.3 is 0 Å². The summed E-state index contributed by atoms with van der Waals surface area (Å²) in [5.74, 6) is 0.696. The Kier molecular flexibility index (Phi) is 4.56. The molecule has 3 heteroatoms. The summed E-state index contributed by atoms with van der Waals surface area (Å²) >= 11 is 0. The first-order chi connectivity index (χ1) is 7.12. The number of hydrogen-bond donors (Lipinski definition) is 2. The van der Waals surface area contributed by atoms with Crippen molar-refractivity contribution in [2.75, 3.05) is 13.2 Å². The molecule has 0 aromatic rings. The molecule has 1 aliphatic rings. The van der Waals surface area contributed by atoms with Crippen LogP contribution in [0.5, 0.6) is 0 Å². The van der Waals surface area contributed by atoms with Gasteiger partial charge in [0.05, 0.1) is 18.6 Å². The van der Waals surface area contributed by atoms with Crippen LogP contribution in [0.15, 0.2) is 0 Å². The van der Waals surface area contributed by atoms with Crippen LogP contribution < -0.4 is 5.32 Å². The fourth-order valence-electron chi connectivity index (χ4n) is 2.44. The predicted molar refractivity (Wildman–Crippen MR) is 60.2 cm³/mol. The summed E-state index contributed by atoms with van der Waals surface area (Å²) in [5, 5.41) is 21.6. The zero-order chi connectivity index (χ0) is 11.3. The molecule has 2 N–H and O–H groups in total. The Morgan fingerprint density at radius 3 is 2.93 bits per heavy atom. The molecule has 0 amide bonds. The molecule has 0 aromatic heterocycles. The molecule has 0 bridgehead atoms. The van der Waals surface area contributed by atoms with Crippen LogP contribution in [0.1, 0.15) is 39.5 Å². The lowest BCUT2D eigenvalue weighted by atomic mass is 9.76. The molecule has 0 aliphatic heterocycles. The zero-order valence-electron chi connectivity index (χ0n) is 9.79. The van der Waals surface area contributed by atoms with Crippen LogP contribution in [0.3, 0.4) is 0 Å². The molecule has 1 saturated carbocycles. The normalized spacial score (nSPS) is 33.3. The maximum atomic E-state index is 9.50. The number of aliphatic hydroxyl groups excluding tert-OH is 1. The second-order valence-electron chi connectivity index (χ2n) is 5.05. The van der Waals surface area contributed by atoms with Crippen molar-refractivity contribution in [2.45, 2.75) is 45.1 Å². The maximum Gasteiger partial charge on any atom is 0.0666 e. The summed E-state index contributed by atoms with van der Waals surface area (Å²) in [6, 6.07) is 2.21. The SMILES string of the molecule is CC(C#N)CNC1(CO)CCCC(C)C1. The highest BCUT2D eigenvalue weighted by molar-refractivity contribution is 4.94. The summed E-state index contributed by atoms with van der Waals surface area (Å²) in [6.07, 6.45) is 4.50. The van der Waals surface area contributed by atoms with Gasteiger partial charge < -0.3 is 10.4 Å². The number of nitriles is 1. The van der Waals surface area contributed by atoms with Gasteiger partial charge in [-0.05, 0) is 25.7 Å². The maximum absolute atomic E-state index is 9.50. The molecule has 0 radical (unpaired) electrons. The summed E-state index contributed by atoms with van der Waals surface area (Å²) in [6.45, 7) is 5.02. The van der Waals surface area contributed by atoms with Crippen LogP contribution in [0.25, 0.3) is 0 Å². The van der Waals surface area contributed by atoms with E-state index < -0.39 is 0 Å². The van der Waals surface area contributed by atoms with E-state index in [9.17, 15) is 5.11 Å². The molecule has 0 heterocycles. The monoisotopic (exact) mass is 210 g/mol. The number of nitrogens with one attached hydrogen (secondary N) is 1. The van der Waals surface area contributed by atoms with E-state index in [0.717, 1.165) is 12.8 Å². The highest BCUT2D eigenvalue weighted by Crippen LogP contribution is 2.31. The Labute approximate surface area is 92.5 Å². The molecule has 3 unspecified atom stereocenters. The smallest absolute Gasteiger partial charge is 0.0666 e. The van der Waals surface area contributed by atoms with Crippen molar-refractivity contribution < 1.29 is 5.11 Å². The van der Waals surface area contributed by atoms with Crippen molar-refractivity contribution in [1.29, 1.82) is 5.26 Å². The van der Waals surface area contributed by atoms with E-state index in [4.69, 9.17) is 5.26 Å². The van der Waals surface area contributed by atoms with Gasteiger partial charge in [-0.2, -0.15) is 5.26 Å². The minimum absolute atomic E-state index is 0.0191. The average Bonchev–Trinajstić information content (AvgIpc) is 2.26. The van der Waals surface area contributed by atoms with Crippen LogP contribution in [0.4, 0.5) is 0 Å². The molecular weight excluding hydrogens is 188 g/mol. The van der Waals surface area contributed by atoms with Crippen molar-refractivity contribution in [3.63, 3.8) is 0 Å². The second kappa shape index (κ2) is 5.48. The van der Waals surface area contributed by atoms with E-state index in [1.165, 1.54) is 12.8 Å². The molecule has 3 nitrogen and oxygen atoms in total. The topological polar surface area (TPSA) is 56.0 Å². The molecule has 15 heavy (non-hydrogen) atoms. The Morgan fingerprint density at radius 2 is 2.40 bits per heavy atom. The highest BCUT2D eigenvalue weighted by atomic mass is 16.3. The van der Waals surface area contributed by atoms with Crippen molar-refractivity contribution in [1.82, 2.24) is 5.32 Å². The first-order valence-electron chi connectivity index (χ1n) is 5.87. The van der Waals surface area contributed by atoms with Crippen LogP contribution in [-0.2, 0) is 0 Å². The Hall–Kier alpha value is -0.590. The van der Waals surface area contributed by atoms with E-state index >= 15 is 0 Å². The molecular formula is C12H22N2O. The first-order valence-corrected chi connectivity index (χ1v) is 5.87. The standard InChI is InChI=1S/C12H22N2O/c1-10-4-3-5-12(6-10,9-15)14-8-11(2)7-13/h10-11,14-15H,3-6,8-9H2,1-2H3. The minimum Gasteiger partial charge on any atom is -0.394 e. The zero-order valence-corrected chi connectivity index (χ0v) is 9.79. The van der Waals surface area contributed by atoms with Gasteiger partial charge in [0.25, 0.3) is 0 Å². The lowest BCUT2D eigenvalue weighted by Crippen LogP contribution is -2.52. The van der Waals surface area contributed by atoms with Gasteiger partial charge in [0.2, 0.25) is 0 Å². The van der Waals surface area contributed by atoms with E-state index in [1.54, 1.807) is 0 Å². The van der Waals surface area contributed by atoms with Crippen molar-refractivity contribution in [3.8, 4) is 6.07 Å². The van der Waals surface area contributed by atoms with Gasteiger partial charge in [-0.15, -0.1) is 0 Å². The lowest BCUT2D eigenvalue weighted by Gasteiger charge is -2.40. The molecule has 1 rings (SSSR count). The van der Waals surface area contributed by atoms with E-state index in [2.05, 4.69) is 18.3 Å². The van der Waals surface area contributed by atoms with Crippen LogP contribution in [-0.4, -0.2) is 23.8 Å². The highest BCUT2D eigenvalue weighted by Gasteiger charge is 2.33. The molecule has 0 aromatic carbocycles. The third kappa shape index (κ3) is 3.48. The van der Waals surface area contributed by atoms with Gasteiger partial charge in [-0.1, -0.05) is 19.8 Å². The quantitative estimate of drug-likeness (QED) is 0.742. The van der Waals surface area contributed by atoms with Crippen LogP contribution in [0, 0.1) is 23.2 Å².